The molecule has 2 aromatic carbocycles. The summed E-state index contributed by atoms with van der Waals surface area (Å²) in [5.41, 5.74) is 3.29. The van der Waals surface area contributed by atoms with Gasteiger partial charge in [0.05, 0.1) is 0 Å². The average Bonchev–Trinajstić information content (AvgIpc) is 2.45. The van der Waals surface area contributed by atoms with Crippen LogP contribution in [0.2, 0.25) is 5.02 Å². The lowest BCUT2D eigenvalue weighted by Crippen LogP contribution is -2.34. The van der Waals surface area contributed by atoms with Crippen LogP contribution < -0.4 is 4.74 Å². The summed E-state index contributed by atoms with van der Waals surface area (Å²) in [4.78, 5) is 0. The number of ether oxygens (including phenoxy) is 1. The Morgan fingerprint density at radius 1 is 1.14 bits per heavy atom. The number of hydrogen-bond acceptors (Lipinski definition) is 1. The molecule has 0 fully saturated rings. The molecule has 0 aromatic heterocycles. The molecule has 0 saturated carbocycles. The first-order chi connectivity index (χ1) is 10.4. The normalized spacial score (nSPS) is 16.0. The molecule has 0 radical (unpaired) electrons. The summed E-state index contributed by atoms with van der Waals surface area (Å²) in [6.45, 7) is 7.89. The van der Waals surface area contributed by atoms with Crippen molar-refractivity contribution in [1.29, 1.82) is 0 Å². The van der Waals surface area contributed by atoms with Gasteiger partial charge in [0.2, 0.25) is 0 Å². The van der Waals surface area contributed by atoms with Gasteiger partial charge in [-0.2, -0.15) is 0 Å². The molecule has 112 valence electrons. The van der Waals surface area contributed by atoms with E-state index in [1.165, 1.54) is 12.1 Å². The third-order valence-electron chi connectivity index (χ3n) is 3.83. The second-order valence-electron chi connectivity index (χ2n) is 5.75. The molecule has 2 aromatic rings. The Bertz CT molecular complexity index is 773. The summed E-state index contributed by atoms with van der Waals surface area (Å²) >= 11 is 6.09. The molecule has 0 aliphatic carbocycles. The zero-order chi connectivity index (χ0) is 15.9. The van der Waals surface area contributed by atoms with Gasteiger partial charge in [0.25, 0.3) is 0 Å². The van der Waals surface area contributed by atoms with E-state index in [1.807, 2.05) is 32.0 Å². The van der Waals surface area contributed by atoms with Crippen molar-refractivity contribution in [2.75, 3.05) is 0 Å². The monoisotopic (exact) mass is 314 g/mol. The standard InChI is InChI=1S/C19H16ClFO/c1-4-16-18(12-5-8-14(21)9-6-12)15-10-7-13(20)11-17(15)22-19(16,2)3/h4-11H,1H2,2-3H3. The third kappa shape index (κ3) is 2.44. The number of rotatable bonds is 2. The van der Waals surface area contributed by atoms with Crippen molar-refractivity contribution in [3.8, 4) is 5.75 Å². The van der Waals surface area contributed by atoms with Gasteiger partial charge < -0.3 is 4.74 Å². The van der Waals surface area contributed by atoms with Crippen LogP contribution in [0.4, 0.5) is 4.39 Å². The van der Waals surface area contributed by atoms with E-state index in [-0.39, 0.29) is 5.82 Å². The van der Waals surface area contributed by atoms with Gasteiger partial charge >= 0.3 is 0 Å². The lowest BCUT2D eigenvalue weighted by Gasteiger charge is -2.36. The molecular weight excluding hydrogens is 299 g/mol. The van der Waals surface area contributed by atoms with Crippen molar-refractivity contribution >= 4 is 17.2 Å². The first-order valence-electron chi connectivity index (χ1n) is 7.04. The number of hydrogen-bond donors (Lipinski definition) is 0. The van der Waals surface area contributed by atoms with E-state index in [1.54, 1.807) is 18.2 Å². The Balaban J connectivity index is 2.32. The molecular formula is C19H16ClFO. The molecule has 1 aliphatic rings. The lowest BCUT2D eigenvalue weighted by molar-refractivity contribution is 0.148. The quantitative estimate of drug-likeness (QED) is 0.697. The molecule has 0 unspecified atom stereocenters. The summed E-state index contributed by atoms with van der Waals surface area (Å²) in [5, 5.41) is 0.620. The van der Waals surface area contributed by atoms with Crippen molar-refractivity contribution in [3.05, 3.63) is 82.7 Å². The van der Waals surface area contributed by atoms with Gasteiger partial charge in [-0.15, -0.1) is 0 Å². The fraction of sp³-hybridized carbons (Fsp3) is 0.158. The molecule has 3 heteroatoms. The van der Waals surface area contributed by atoms with Crippen molar-refractivity contribution in [2.45, 2.75) is 19.4 Å². The SMILES string of the molecule is C=CC1=C(c2ccc(F)cc2)c2ccc(Cl)cc2OC1(C)C. The summed E-state index contributed by atoms with van der Waals surface area (Å²) < 4.78 is 19.3. The first kappa shape index (κ1) is 14.9. The van der Waals surface area contributed by atoms with Crippen molar-refractivity contribution in [3.63, 3.8) is 0 Å². The lowest BCUT2D eigenvalue weighted by atomic mass is 9.83. The molecule has 0 atom stereocenters. The Labute approximate surface area is 134 Å². The highest BCUT2D eigenvalue weighted by atomic mass is 35.5. The minimum atomic E-state index is -0.539. The zero-order valence-corrected chi connectivity index (χ0v) is 13.2. The maximum absolute atomic E-state index is 13.3. The second kappa shape index (κ2) is 5.29. The van der Waals surface area contributed by atoms with Gasteiger partial charge in [-0.05, 0) is 55.3 Å². The molecule has 0 N–H and O–H groups in total. The van der Waals surface area contributed by atoms with E-state index in [4.69, 9.17) is 16.3 Å². The fourth-order valence-corrected chi connectivity index (χ4v) is 3.00. The van der Waals surface area contributed by atoms with E-state index in [0.29, 0.717) is 5.02 Å². The molecule has 1 heterocycles. The number of benzene rings is 2. The van der Waals surface area contributed by atoms with Crippen LogP contribution in [0.1, 0.15) is 25.0 Å². The molecule has 0 bridgehead atoms. The van der Waals surface area contributed by atoms with Gasteiger partial charge in [-0.25, -0.2) is 4.39 Å². The Hall–Kier alpha value is -2.06. The molecule has 0 saturated heterocycles. The molecule has 22 heavy (non-hydrogen) atoms. The van der Waals surface area contributed by atoms with Crippen LogP contribution in [0.25, 0.3) is 5.57 Å². The van der Waals surface area contributed by atoms with E-state index < -0.39 is 5.60 Å². The largest absolute Gasteiger partial charge is 0.482 e. The Morgan fingerprint density at radius 3 is 2.45 bits per heavy atom. The summed E-state index contributed by atoms with van der Waals surface area (Å²) in [5.74, 6) is 0.467. The van der Waals surface area contributed by atoms with Gasteiger partial charge in [-0.3, -0.25) is 0 Å². The minimum absolute atomic E-state index is 0.257. The molecule has 1 nitrogen and oxygen atoms in total. The average molecular weight is 315 g/mol. The van der Waals surface area contributed by atoms with Crippen LogP contribution in [0.15, 0.2) is 60.7 Å². The summed E-state index contributed by atoms with van der Waals surface area (Å²) in [7, 11) is 0. The summed E-state index contributed by atoms with van der Waals surface area (Å²) in [6, 6.07) is 12.0. The molecule has 3 rings (SSSR count). The minimum Gasteiger partial charge on any atom is -0.482 e. The smallest absolute Gasteiger partial charge is 0.129 e. The van der Waals surface area contributed by atoms with Crippen LogP contribution in [0, 0.1) is 5.82 Å². The van der Waals surface area contributed by atoms with Crippen molar-refractivity contribution < 1.29 is 9.13 Å². The Morgan fingerprint density at radius 2 is 1.82 bits per heavy atom. The number of halogens is 2. The van der Waals surface area contributed by atoms with E-state index >= 15 is 0 Å². The van der Waals surface area contributed by atoms with Gasteiger partial charge in [0, 0.05) is 16.2 Å². The van der Waals surface area contributed by atoms with Crippen molar-refractivity contribution in [1.82, 2.24) is 0 Å². The molecule has 0 amide bonds. The van der Waals surface area contributed by atoms with Crippen LogP contribution in [-0.4, -0.2) is 5.60 Å². The van der Waals surface area contributed by atoms with Crippen LogP contribution >= 0.6 is 11.6 Å². The number of fused-ring (bicyclic) bond motifs is 1. The van der Waals surface area contributed by atoms with E-state index in [0.717, 1.165) is 28.0 Å². The van der Waals surface area contributed by atoms with Crippen LogP contribution in [-0.2, 0) is 0 Å². The highest BCUT2D eigenvalue weighted by Gasteiger charge is 2.33. The highest BCUT2D eigenvalue weighted by molar-refractivity contribution is 6.30. The van der Waals surface area contributed by atoms with E-state index in [2.05, 4.69) is 6.58 Å². The van der Waals surface area contributed by atoms with Crippen LogP contribution in [0.5, 0.6) is 5.75 Å². The topological polar surface area (TPSA) is 9.23 Å². The van der Waals surface area contributed by atoms with Gasteiger partial charge in [0.15, 0.2) is 0 Å². The second-order valence-corrected chi connectivity index (χ2v) is 6.19. The predicted molar refractivity (Wildman–Crippen MR) is 88.8 cm³/mol. The third-order valence-corrected chi connectivity index (χ3v) is 4.07. The molecule has 1 aliphatic heterocycles. The zero-order valence-electron chi connectivity index (χ0n) is 12.5. The highest BCUT2D eigenvalue weighted by Crippen LogP contribution is 2.45. The van der Waals surface area contributed by atoms with Gasteiger partial charge in [-0.1, -0.05) is 36.4 Å². The van der Waals surface area contributed by atoms with E-state index in [9.17, 15) is 4.39 Å². The maximum Gasteiger partial charge on any atom is 0.129 e. The predicted octanol–water partition coefficient (Wildman–Crippen LogP) is 5.64. The fourth-order valence-electron chi connectivity index (χ4n) is 2.84. The maximum atomic E-state index is 13.3. The first-order valence-corrected chi connectivity index (χ1v) is 7.42. The molecule has 0 spiro atoms. The summed E-state index contributed by atoms with van der Waals surface area (Å²) in [6.07, 6.45) is 1.80. The van der Waals surface area contributed by atoms with Crippen LogP contribution in [0.3, 0.4) is 0 Å². The van der Waals surface area contributed by atoms with Crippen molar-refractivity contribution in [2.24, 2.45) is 0 Å². The van der Waals surface area contributed by atoms with Gasteiger partial charge in [0.1, 0.15) is 17.2 Å². The Kier molecular flexibility index (Phi) is 3.57.